The van der Waals surface area contributed by atoms with Crippen LogP contribution in [0.5, 0.6) is 0 Å². The molecular formula is C16H30N2O. The highest BCUT2D eigenvalue weighted by molar-refractivity contribution is 5.21. The van der Waals surface area contributed by atoms with Gasteiger partial charge in [-0.05, 0) is 26.3 Å². The number of hydrogen-bond donors (Lipinski definition) is 1. The quantitative estimate of drug-likeness (QED) is 0.777. The number of nitrogens with two attached hydrogens (primary N) is 1. The molecule has 0 aromatic carbocycles. The van der Waals surface area contributed by atoms with Crippen molar-refractivity contribution in [1.82, 2.24) is 4.90 Å². The molecule has 0 amide bonds. The predicted octanol–water partition coefficient (Wildman–Crippen LogP) is 2.42. The fraction of sp³-hybridized carbons (Fsp3) is 0.875. The Hall–Kier alpha value is -0.380. The molecule has 1 saturated heterocycles. The molecule has 2 rings (SSSR count). The highest BCUT2D eigenvalue weighted by atomic mass is 16.5. The Bertz CT molecular complexity index is 353. The topological polar surface area (TPSA) is 38.5 Å². The summed E-state index contributed by atoms with van der Waals surface area (Å²) >= 11 is 0. The van der Waals surface area contributed by atoms with E-state index in [4.69, 9.17) is 10.5 Å². The van der Waals surface area contributed by atoms with E-state index in [0.717, 1.165) is 32.7 Å². The van der Waals surface area contributed by atoms with Crippen molar-refractivity contribution < 1.29 is 4.74 Å². The van der Waals surface area contributed by atoms with Gasteiger partial charge in [0.2, 0.25) is 0 Å². The van der Waals surface area contributed by atoms with E-state index in [9.17, 15) is 0 Å². The van der Waals surface area contributed by atoms with Crippen LogP contribution in [-0.4, -0.2) is 42.8 Å². The minimum absolute atomic E-state index is 0.0700. The zero-order valence-electron chi connectivity index (χ0n) is 13.0. The fourth-order valence-corrected chi connectivity index (χ4v) is 4.02. The van der Waals surface area contributed by atoms with Crippen molar-refractivity contribution in [3.63, 3.8) is 0 Å². The Morgan fingerprint density at radius 1 is 1.47 bits per heavy atom. The van der Waals surface area contributed by atoms with Crippen molar-refractivity contribution in [3.05, 3.63) is 12.2 Å². The first-order valence-electron chi connectivity index (χ1n) is 7.60. The minimum Gasteiger partial charge on any atom is -0.377 e. The average Bonchev–Trinajstić information content (AvgIpc) is 2.37. The molecule has 0 spiro atoms. The minimum atomic E-state index is -0.121. The van der Waals surface area contributed by atoms with Gasteiger partial charge in [-0.3, -0.25) is 4.90 Å². The van der Waals surface area contributed by atoms with Crippen LogP contribution in [0.4, 0.5) is 0 Å². The molecule has 3 unspecified atom stereocenters. The lowest BCUT2D eigenvalue weighted by Gasteiger charge is -2.67. The molecule has 1 aliphatic heterocycles. The molecule has 2 aliphatic rings. The molecule has 1 heterocycles. The standard InChI is InChI=1S/C16H30N2O/c1-6-18(10-12(2)3)11-16(17)13-8-7-9-19-14(13)15(16,4)5/h13-14H,2,6-11,17H2,1,3-5H3. The van der Waals surface area contributed by atoms with E-state index in [2.05, 4.69) is 39.2 Å². The van der Waals surface area contributed by atoms with Crippen molar-refractivity contribution in [2.75, 3.05) is 26.2 Å². The SMILES string of the molecule is C=C(C)CN(CC)CC1(N)C2CCCOC2C1(C)C. The molecule has 0 bridgehead atoms. The fourth-order valence-electron chi connectivity index (χ4n) is 4.02. The number of ether oxygens (including phenoxy) is 1. The maximum atomic E-state index is 6.84. The van der Waals surface area contributed by atoms with Gasteiger partial charge in [-0.25, -0.2) is 0 Å². The van der Waals surface area contributed by atoms with E-state index >= 15 is 0 Å². The maximum absolute atomic E-state index is 6.84. The van der Waals surface area contributed by atoms with E-state index in [0.29, 0.717) is 12.0 Å². The van der Waals surface area contributed by atoms with Gasteiger partial charge in [0, 0.05) is 36.6 Å². The van der Waals surface area contributed by atoms with Crippen LogP contribution in [0.2, 0.25) is 0 Å². The van der Waals surface area contributed by atoms with Gasteiger partial charge in [0.1, 0.15) is 0 Å². The normalized spacial score (nSPS) is 36.7. The van der Waals surface area contributed by atoms with Crippen molar-refractivity contribution in [3.8, 4) is 0 Å². The Kier molecular flexibility index (Phi) is 4.10. The summed E-state index contributed by atoms with van der Waals surface area (Å²) in [6.45, 7) is 16.7. The van der Waals surface area contributed by atoms with Gasteiger partial charge in [-0.15, -0.1) is 0 Å². The van der Waals surface area contributed by atoms with Crippen LogP contribution in [0.1, 0.15) is 40.5 Å². The second kappa shape index (κ2) is 5.19. The number of fused-ring (bicyclic) bond motifs is 1. The number of rotatable bonds is 5. The van der Waals surface area contributed by atoms with Gasteiger partial charge in [0.25, 0.3) is 0 Å². The number of hydrogen-bond acceptors (Lipinski definition) is 3. The first-order chi connectivity index (χ1) is 8.83. The second-order valence-corrected chi connectivity index (χ2v) is 7.06. The van der Waals surface area contributed by atoms with E-state index in [1.54, 1.807) is 0 Å². The Morgan fingerprint density at radius 2 is 2.16 bits per heavy atom. The molecular weight excluding hydrogens is 236 g/mol. The van der Waals surface area contributed by atoms with Crippen LogP contribution in [-0.2, 0) is 4.74 Å². The van der Waals surface area contributed by atoms with Crippen LogP contribution in [0.3, 0.4) is 0 Å². The summed E-state index contributed by atoms with van der Waals surface area (Å²) in [5.41, 5.74) is 7.99. The summed E-state index contributed by atoms with van der Waals surface area (Å²) < 4.78 is 5.97. The largest absolute Gasteiger partial charge is 0.377 e. The summed E-state index contributed by atoms with van der Waals surface area (Å²) in [7, 11) is 0. The first kappa shape index (κ1) is 15.0. The van der Waals surface area contributed by atoms with Crippen LogP contribution in [0.25, 0.3) is 0 Å². The van der Waals surface area contributed by atoms with Crippen molar-refractivity contribution in [1.29, 1.82) is 0 Å². The van der Waals surface area contributed by atoms with Crippen LogP contribution >= 0.6 is 0 Å². The third-order valence-corrected chi connectivity index (χ3v) is 5.32. The van der Waals surface area contributed by atoms with E-state index in [-0.39, 0.29) is 11.0 Å². The highest BCUT2D eigenvalue weighted by Gasteiger charge is 2.66. The van der Waals surface area contributed by atoms with Gasteiger partial charge in [-0.2, -0.15) is 0 Å². The van der Waals surface area contributed by atoms with Crippen LogP contribution in [0, 0.1) is 11.3 Å². The maximum Gasteiger partial charge on any atom is 0.0690 e. The molecule has 3 heteroatoms. The molecule has 0 aromatic rings. The Morgan fingerprint density at radius 3 is 2.74 bits per heavy atom. The highest BCUT2D eigenvalue weighted by Crippen LogP contribution is 2.57. The zero-order valence-corrected chi connectivity index (χ0v) is 13.0. The molecule has 2 fully saturated rings. The van der Waals surface area contributed by atoms with Gasteiger partial charge < -0.3 is 10.5 Å². The molecule has 0 aromatic heterocycles. The Labute approximate surface area is 118 Å². The third-order valence-electron chi connectivity index (χ3n) is 5.32. The number of nitrogens with zero attached hydrogens (tertiary/aromatic N) is 1. The second-order valence-electron chi connectivity index (χ2n) is 7.06. The predicted molar refractivity (Wildman–Crippen MR) is 80.1 cm³/mol. The van der Waals surface area contributed by atoms with Crippen molar-refractivity contribution in [2.24, 2.45) is 17.1 Å². The molecule has 19 heavy (non-hydrogen) atoms. The molecule has 3 nitrogen and oxygen atoms in total. The Balaban J connectivity index is 2.10. The summed E-state index contributed by atoms with van der Waals surface area (Å²) in [5.74, 6) is 0.524. The molecule has 3 atom stereocenters. The molecule has 110 valence electrons. The van der Waals surface area contributed by atoms with Crippen molar-refractivity contribution >= 4 is 0 Å². The smallest absolute Gasteiger partial charge is 0.0690 e. The summed E-state index contributed by atoms with van der Waals surface area (Å²) in [5, 5.41) is 0. The molecule has 1 aliphatic carbocycles. The molecule has 2 N–H and O–H groups in total. The third kappa shape index (κ3) is 2.37. The van der Waals surface area contributed by atoms with E-state index < -0.39 is 0 Å². The van der Waals surface area contributed by atoms with Crippen LogP contribution < -0.4 is 5.73 Å². The lowest BCUT2D eigenvalue weighted by molar-refractivity contribution is -0.231. The van der Waals surface area contributed by atoms with Crippen LogP contribution in [0.15, 0.2) is 12.2 Å². The van der Waals surface area contributed by atoms with E-state index in [1.165, 1.54) is 12.0 Å². The summed E-state index contributed by atoms with van der Waals surface area (Å²) in [4.78, 5) is 2.43. The van der Waals surface area contributed by atoms with Gasteiger partial charge in [-0.1, -0.05) is 32.9 Å². The van der Waals surface area contributed by atoms with Gasteiger partial charge >= 0.3 is 0 Å². The summed E-state index contributed by atoms with van der Waals surface area (Å²) in [6.07, 6.45) is 2.73. The molecule has 0 radical (unpaired) electrons. The van der Waals surface area contributed by atoms with E-state index in [1.807, 2.05) is 0 Å². The van der Waals surface area contributed by atoms with Gasteiger partial charge in [0.05, 0.1) is 6.10 Å². The lowest BCUT2D eigenvalue weighted by atomic mass is 9.46. The zero-order chi connectivity index (χ0) is 14.3. The molecule has 1 saturated carbocycles. The monoisotopic (exact) mass is 266 g/mol. The van der Waals surface area contributed by atoms with Gasteiger partial charge in [0.15, 0.2) is 0 Å². The first-order valence-corrected chi connectivity index (χ1v) is 7.60. The summed E-state index contributed by atoms with van der Waals surface area (Å²) in [6, 6.07) is 0. The average molecular weight is 266 g/mol. The van der Waals surface area contributed by atoms with Crippen molar-refractivity contribution in [2.45, 2.75) is 52.2 Å². The lowest BCUT2D eigenvalue weighted by Crippen LogP contribution is -2.80. The number of likely N-dealkylation sites (N-methyl/N-ethyl adjacent to an activating group) is 1.